The molecule has 1 aliphatic heterocycles. The predicted molar refractivity (Wildman–Crippen MR) is 118 cm³/mol. The van der Waals surface area contributed by atoms with Crippen LogP contribution in [0.2, 0.25) is 0 Å². The summed E-state index contributed by atoms with van der Waals surface area (Å²) in [6.07, 6.45) is 5.35. The molecule has 3 heterocycles. The number of guanidine groups is 1. The summed E-state index contributed by atoms with van der Waals surface area (Å²) in [5, 5.41) is 15.1. The maximum atomic E-state index is 11.9. The molecular weight excluding hydrogens is 378 g/mol. The number of amides is 1. The fourth-order valence-corrected chi connectivity index (χ4v) is 3.64. The normalized spacial score (nSPS) is 14.5. The lowest BCUT2D eigenvalue weighted by molar-refractivity contribution is -0.117. The molecule has 0 radical (unpaired) electrons. The Balaban J connectivity index is 1.21. The van der Waals surface area contributed by atoms with Gasteiger partial charge in [-0.15, -0.1) is 10.2 Å². The van der Waals surface area contributed by atoms with Gasteiger partial charge in [0.25, 0.3) is 0 Å². The number of nitrogens with one attached hydrogen (secondary N) is 2. The largest absolute Gasteiger partial charge is 0.356 e. The van der Waals surface area contributed by atoms with Crippen LogP contribution in [-0.2, 0) is 17.8 Å². The zero-order chi connectivity index (χ0) is 20.8. The van der Waals surface area contributed by atoms with Gasteiger partial charge in [-0.3, -0.25) is 14.2 Å². The number of hydrogen-bond acceptors (Lipinski definition) is 4. The number of carbonyl (C=O) groups excluding carboxylic acids is 1. The number of benzene rings is 1. The molecule has 4 rings (SSSR count). The molecule has 0 saturated carbocycles. The number of anilines is 1. The Bertz CT molecular complexity index is 1030. The minimum absolute atomic E-state index is 0.213. The summed E-state index contributed by atoms with van der Waals surface area (Å²) in [5.74, 6) is 1.94. The third-order valence-corrected chi connectivity index (χ3v) is 5.26. The van der Waals surface area contributed by atoms with E-state index < -0.39 is 0 Å². The van der Waals surface area contributed by atoms with Crippen LogP contribution in [0.4, 0.5) is 5.69 Å². The molecule has 2 N–H and O–H groups in total. The van der Waals surface area contributed by atoms with E-state index in [0.29, 0.717) is 13.0 Å². The van der Waals surface area contributed by atoms with E-state index in [0.717, 1.165) is 61.0 Å². The van der Waals surface area contributed by atoms with Gasteiger partial charge in [-0.1, -0.05) is 18.2 Å². The first-order valence-corrected chi connectivity index (χ1v) is 10.4. The van der Waals surface area contributed by atoms with E-state index in [9.17, 15) is 4.79 Å². The number of aryl methyl sites for hydroxylation is 1. The van der Waals surface area contributed by atoms with Crippen molar-refractivity contribution in [2.24, 2.45) is 4.99 Å². The van der Waals surface area contributed by atoms with Gasteiger partial charge in [0.15, 0.2) is 11.6 Å². The van der Waals surface area contributed by atoms with Crippen molar-refractivity contribution in [3.05, 3.63) is 60.0 Å². The summed E-state index contributed by atoms with van der Waals surface area (Å²) in [4.78, 5) is 18.0. The Morgan fingerprint density at radius 3 is 2.77 bits per heavy atom. The Kier molecular flexibility index (Phi) is 6.22. The number of aliphatic imine (C=N–C) groups is 1. The molecule has 8 heteroatoms. The third-order valence-electron chi connectivity index (χ3n) is 5.26. The van der Waals surface area contributed by atoms with E-state index in [2.05, 4.69) is 38.0 Å². The quantitative estimate of drug-likeness (QED) is 0.357. The average Bonchev–Trinajstić information content (AvgIpc) is 3.40. The topological polar surface area (TPSA) is 86.9 Å². The molecule has 1 saturated heterocycles. The SMILES string of the molecule is CN=C(NCCCc1nnc2ccccn12)NCc1ccc(N2CCCC2=O)cc1. The minimum Gasteiger partial charge on any atom is -0.356 e. The molecule has 0 spiro atoms. The van der Waals surface area contributed by atoms with E-state index in [1.54, 1.807) is 7.05 Å². The highest BCUT2D eigenvalue weighted by Crippen LogP contribution is 2.21. The summed E-state index contributed by atoms with van der Waals surface area (Å²) < 4.78 is 2.02. The minimum atomic E-state index is 0.213. The van der Waals surface area contributed by atoms with Gasteiger partial charge in [-0.2, -0.15) is 0 Å². The van der Waals surface area contributed by atoms with Gasteiger partial charge in [-0.25, -0.2) is 0 Å². The molecule has 0 aliphatic carbocycles. The van der Waals surface area contributed by atoms with Crippen LogP contribution in [0.25, 0.3) is 5.65 Å². The van der Waals surface area contributed by atoms with Crippen molar-refractivity contribution in [2.75, 3.05) is 25.0 Å². The maximum Gasteiger partial charge on any atom is 0.227 e. The molecule has 2 aromatic heterocycles. The first-order valence-electron chi connectivity index (χ1n) is 10.4. The molecule has 1 fully saturated rings. The fraction of sp³-hybridized carbons (Fsp3) is 0.364. The zero-order valence-corrected chi connectivity index (χ0v) is 17.2. The van der Waals surface area contributed by atoms with Gasteiger partial charge >= 0.3 is 0 Å². The summed E-state index contributed by atoms with van der Waals surface area (Å²) in [6, 6.07) is 14.0. The molecule has 1 aliphatic rings. The summed E-state index contributed by atoms with van der Waals surface area (Å²) in [5.41, 5.74) is 2.99. The number of hydrogen-bond donors (Lipinski definition) is 2. The first kappa shape index (κ1) is 19.9. The smallest absolute Gasteiger partial charge is 0.227 e. The number of carbonyl (C=O) groups is 1. The molecule has 0 bridgehead atoms. The van der Waals surface area contributed by atoms with E-state index in [4.69, 9.17) is 0 Å². The predicted octanol–water partition coefficient (Wildman–Crippen LogP) is 2.15. The van der Waals surface area contributed by atoms with Gasteiger partial charge in [0.2, 0.25) is 5.91 Å². The molecular formula is C22H27N7O. The van der Waals surface area contributed by atoms with Crippen molar-refractivity contribution in [2.45, 2.75) is 32.2 Å². The van der Waals surface area contributed by atoms with Crippen LogP contribution in [0.1, 0.15) is 30.7 Å². The standard InChI is InChI=1S/C22H27N7O/c1-23-22(24-13-4-7-20-27-26-19-6-2-3-14-29(19)20)25-16-17-9-11-18(12-10-17)28-15-5-8-21(28)30/h2-3,6,9-12,14H,4-5,7-8,13,15-16H2,1H3,(H2,23,24,25). The van der Waals surface area contributed by atoms with E-state index in [1.165, 1.54) is 0 Å². The van der Waals surface area contributed by atoms with E-state index >= 15 is 0 Å². The summed E-state index contributed by atoms with van der Waals surface area (Å²) in [7, 11) is 1.77. The van der Waals surface area contributed by atoms with Gasteiger partial charge in [0.1, 0.15) is 5.82 Å². The third kappa shape index (κ3) is 4.59. The van der Waals surface area contributed by atoms with Gasteiger partial charge in [0.05, 0.1) is 0 Å². The maximum absolute atomic E-state index is 11.9. The van der Waals surface area contributed by atoms with Crippen LogP contribution in [0, 0.1) is 0 Å². The Morgan fingerprint density at radius 2 is 2.00 bits per heavy atom. The van der Waals surface area contributed by atoms with Crippen LogP contribution in [0.3, 0.4) is 0 Å². The molecule has 8 nitrogen and oxygen atoms in total. The second-order valence-corrected chi connectivity index (χ2v) is 7.32. The van der Waals surface area contributed by atoms with Crippen LogP contribution >= 0.6 is 0 Å². The van der Waals surface area contributed by atoms with Gasteiger partial charge in [0, 0.05) is 51.4 Å². The second-order valence-electron chi connectivity index (χ2n) is 7.32. The summed E-state index contributed by atoms with van der Waals surface area (Å²) in [6.45, 7) is 2.28. The van der Waals surface area contributed by atoms with Gasteiger partial charge < -0.3 is 15.5 Å². The summed E-state index contributed by atoms with van der Waals surface area (Å²) >= 11 is 0. The van der Waals surface area contributed by atoms with E-state index in [-0.39, 0.29) is 5.91 Å². The first-order chi connectivity index (χ1) is 14.7. The van der Waals surface area contributed by atoms with Crippen LogP contribution < -0.4 is 15.5 Å². The lowest BCUT2D eigenvalue weighted by Gasteiger charge is -2.16. The van der Waals surface area contributed by atoms with Crippen molar-refractivity contribution in [1.29, 1.82) is 0 Å². The molecule has 0 unspecified atom stereocenters. The molecule has 1 amide bonds. The van der Waals surface area contributed by atoms with Crippen molar-refractivity contribution in [3.63, 3.8) is 0 Å². The van der Waals surface area contributed by atoms with Crippen LogP contribution in [-0.4, -0.2) is 46.6 Å². The van der Waals surface area contributed by atoms with Gasteiger partial charge in [-0.05, 0) is 42.7 Å². The highest BCUT2D eigenvalue weighted by molar-refractivity contribution is 5.95. The van der Waals surface area contributed by atoms with Crippen LogP contribution in [0.5, 0.6) is 0 Å². The van der Waals surface area contributed by atoms with Crippen molar-refractivity contribution in [3.8, 4) is 0 Å². The highest BCUT2D eigenvalue weighted by atomic mass is 16.2. The van der Waals surface area contributed by atoms with Crippen LogP contribution in [0.15, 0.2) is 53.7 Å². The Labute approximate surface area is 176 Å². The lowest BCUT2D eigenvalue weighted by Crippen LogP contribution is -2.37. The fourth-order valence-electron chi connectivity index (χ4n) is 3.64. The molecule has 1 aromatic carbocycles. The number of aromatic nitrogens is 3. The molecule has 0 atom stereocenters. The van der Waals surface area contributed by atoms with E-state index in [1.807, 2.05) is 45.8 Å². The second kappa shape index (κ2) is 9.39. The molecule has 3 aromatic rings. The van der Waals surface area contributed by atoms with Crippen molar-refractivity contribution in [1.82, 2.24) is 25.2 Å². The Hall–Kier alpha value is -3.42. The van der Waals surface area contributed by atoms with Crippen molar-refractivity contribution < 1.29 is 4.79 Å². The number of fused-ring (bicyclic) bond motifs is 1. The van der Waals surface area contributed by atoms with Crippen molar-refractivity contribution >= 4 is 23.2 Å². The zero-order valence-electron chi connectivity index (χ0n) is 17.2. The highest BCUT2D eigenvalue weighted by Gasteiger charge is 2.21. The average molecular weight is 406 g/mol. The number of pyridine rings is 1. The number of rotatable bonds is 7. The number of nitrogens with zero attached hydrogens (tertiary/aromatic N) is 5. The lowest BCUT2D eigenvalue weighted by atomic mass is 10.2. The monoisotopic (exact) mass is 405 g/mol. The molecule has 156 valence electrons. The Morgan fingerprint density at radius 1 is 1.13 bits per heavy atom. The molecule has 30 heavy (non-hydrogen) atoms.